The number of nitrogens with zero attached hydrogens (tertiary/aromatic N) is 1. The molecule has 3 heterocycles. The van der Waals surface area contributed by atoms with E-state index in [1.807, 2.05) is 13.1 Å². The molecule has 1 aliphatic rings. The number of carboxylic acids is 1. The third-order valence-electron chi connectivity index (χ3n) is 4.62. The van der Waals surface area contributed by atoms with Crippen molar-refractivity contribution in [2.75, 3.05) is 25.0 Å². The Kier molecular flexibility index (Phi) is 4.41. The Balaban J connectivity index is 1.90. The van der Waals surface area contributed by atoms with E-state index in [1.165, 1.54) is 30.2 Å². The van der Waals surface area contributed by atoms with Crippen LogP contribution in [0.4, 0.5) is 5.00 Å². The molecule has 23 heavy (non-hydrogen) atoms. The van der Waals surface area contributed by atoms with Crippen LogP contribution in [0.1, 0.15) is 30.1 Å². The lowest BCUT2D eigenvalue weighted by atomic mass is 9.92. The molecule has 2 aromatic heterocycles. The molecule has 2 N–H and O–H groups in total. The van der Waals surface area contributed by atoms with Crippen molar-refractivity contribution in [1.82, 2.24) is 5.32 Å². The van der Waals surface area contributed by atoms with Crippen LogP contribution in [0.3, 0.4) is 0 Å². The molecule has 1 saturated heterocycles. The third kappa shape index (κ3) is 3.11. The average molecular weight is 336 g/mol. The normalized spacial score (nSPS) is 19.7. The fourth-order valence-electron chi connectivity index (χ4n) is 3.03. The standard InChI is InChI=1S/C16H20N2O4S/c1-9(10-4-3-5-17-8-10)18(2)14-7-12-13(23-14)6-11(15(19)20)16(21)22-12/h6-7,9-10,17H,3-5,8H2,1-2H3,(H,19,20). The molecular weight excluding hydrogens is 316 g/mol. The van der Waals surface area contributed by atoms with Gasteiger partial charge in [0.15, 0.2) is 5.58 Å². The topological polar surface area (TPSA) is 82.8 Å². The van der Waals surface area contributed by atoms with Crippen LogP contribution in [0, 0.1) is 5.92 Å². The van der Waals surface area contributed by atoms with Gasteiger partial charge in [-0.25, -0.2) is 9.59 Å². The molecule has 2 atom stereocenters. The van der Waals surface area contributed by atoms with Gasteiger partial charge >= 0.3 is 11.6 Å². The summed E-state index contributed by atoms with van der Waals surface area (Å²) in [4.78, 5) is 24.9. The number of piperidine rings is 1. The highest BCUT2D eigenvalue weighted by molar-refractivity contribution is 7.22. The van der Waals surface area contributed by atoms with Gasteiger partial charge in [-0.15, -0.1) is 11.3 Å². The Bertz CT molecular complexity index is 776. The first kappa shape index (κ1) is 16.0. The van der Waals surface area contributed by atoms with Crippen LogP contribution in [0.5, 0.6) is 0 Å². The maximum atomic E-state index is 11.7. The van der Waals surface area contributed by atoms with Crippen LogP contribution in [0.15, 0.2) is 21.3 Å². The van der Waals surface area contributed by atoms with E-state index >= 15 is 0 Å². The number of nitrogens with one attached hydrogen (secondary N) is 1. The SMILES string of the molecule is CC(C1CCCNC1)N(C)c1cc2oc(=O)c(C(=O)O)cc2s1. The number of fused-ring (bicyclic) bond motifs is 1. The highest BCUT2D eigenvalue weighted by atomic mass is 32.1. The summed E-state index contributed by atoms with van der Waals surface area (Å²) >= 11 is 1.45. The van der Waals surface area contributed by atoms with Crippen molar-refractivity contribution >= 4 is 32.6 Å². The molecule has 0 bridgehead atoms. The summed E-state index contributed by atoms with van der Waals surface area (Å²) in [5.74, 6) is -0.689. The number of rotatable bonds is 4. The molecule has 0 spiro atoms. The monoisotopic (exact) mass is 336 g/mol. The van der Waals surface area contributed by atoms with Gasteiger partial charge in [0.1, 0.15) is 5.56 Å². The molecule has 0 aromatic carbocycles. The first-order valence-corrected chi connectivity index (χ1v) is 8.53. The first-order chi connectivity index (χ1) is 11.0. The van der Waals surface area contributed by atoms with Gasteiger partial charge in [-0.3, -0.25) is 0 Å². The number of aromatic carboxylic acids is 1. The van der Waals surface area contributed by atoms with Crippen LogP contribution < -0.4 is 15.8 Å². The molecule has 7 heteroatoms. The second kappa shape index (κ2) is 6.33. The molecule has 2 aromatic rings. The van der Waals surface area contributed by atoms with E-state index in [1.54, 1.807) is 0 Å². The van der Waals surface area contributed by atoms with Crippen molar-refractivity contribution in [1.29, 1.82) is 0 Å². The van der Waals surface area contributed by atoms with E-state index in [2.05, 4.69) is 17.1 Å². The van der Waals surface area contributed by atoms with E-state index < -0.39 is 11.6 Å². The van der Waals surface area contributed by atoms with Crippen LogP contribution >= 0.6 is 11.3 Å². The second-order valence-corrected chi connectivity index (χ2v) is 7.09. The number of anilines is 1. The molecular formula is C16H20N2O4S. The Morgan fingerprint density at radius 2 is 2.30 bits per heavy atom. The van der Waals surface area contributed by atoms with E-state index in [-0.39, 0.29) is 5.56 Å². The van der Waals surface area contributed by atoms with E-state index in [0.29, 0.717) is 22.2 Å². The number of carbonyl (C=O) groups is 1. The minimum absolute atomic E-state index is 0.321. The molecule has 0 aliphatic carbocycles. The van der Waals surface area contributed by atoms with Crippen molar-refractivity contribution in [2.45, 2.75) is 25.8 Å². The number of hydrogen-bond acceptors (Lipinski definition) is 6. The van der Waals surface area contributed by atoms with Crippen molar-refractivity contribution in [3.05, 3.63) is 28.1 Å². The number of carboxylic acid groups (broad SMARTS) is 1. The summed E-state index contributed by atoms with van der Waals surface area (Å²) in [6, 6.07) is 3.57. The minimum Gasteiger partial charge on any atom is -0.477 e. The van der Waals surface area contributed by atoms with Gasteiger partial charge in [0.25, 0.3) is 0 Å². The molecule has 0 amide bonds. The third-order valence-corrected chi connectivity index (χ3v) is 5.77. The van der Waals surface area contributed by atoms with E-state index in [9.17, 15) is 9.59 Å². The van der Waals surface area contributed by atoms with Gasteiger partial charge in [0.2, 0.25) is 0 Å². The lowest BCUT2D eigenvalue weighted by Crippen LogP contribution is -2.43. The van der Waals surface area contributed by atoms with Crippen LogP contribution in [0.25, 0.3) is 10.3 Å². The number of hydrogen-bond donors (Lipinski definition) is 2. The molecule has 124 valence electrons. The van der Waals surface area contributed by atoms with Gasteiger partial charge in [0, 0.05) is 19.2 Å². The maximum absolute atomic E-state index is 11.7. The average Bonchev–Trinajstić information content (AvgIpc) is 2.96. The van der Waals surface area contributed by atoms with Crippen molar-refractivity contribution in [3.8, 4) is 0 Å². The van der Waals surface area contributed by atoms with E-state index in [0.717, 1.165) is 18.1 Å². The Morgan fingerprint density at radius 3 is 2.96 bits per heavy atom. The number of thiophene rings is 1. The summed E-state index contributed by atoms with van der Waals surface area (Å²) in [6.07, 6.45) is 2.38. The van der Waals surface area contributed by atoms with Crippen molar-refractivity contribution < 1.29 is 14.3 Å². The van der Waals surface area contributed by atoms with Gasteiger partial charge < -0.3 is 19.7 Å². The first-order valence-electron chi connectivity index (χ1n) is 7.72. The minimum atomic E-state index is -1.26. The van der Waals surface area contributed by atoms with E-state index in [4.69, 9.17) is 9.52 Å². The lowest BCUT2D eigenvalue weighted by molar-refractivity contribution is 0.0692. The zero-order chi connectivity index (χ0) is 16.6. The fraction of sp³-hybridized carbons (Fsp3) is 0.500. The summed E-state index contributed by atoms with van der Waals surface area (Å²) in [5, 5.41) is 13.4. The predicted octanol–water partition coefficient (Wildman–Crippen LogP) is 2.38. The fourth-order valence-corrected chi connectivity index (χ4v) is 4.11. The van der Waals surface area contributed by atoms with Gasteiger partial charge in [-0.2, -0.15) is 0 Å². The van der Waals surface area contributed by atoms with Crippen LogP contribution in [-0.4, -0.2) is 37.3 Å². The highest BCUT2D eigenvalue weighted by Crippen LogP contribution is 2.34. The Hall–Kier alpha value is -1.86. The van der Waals surface area contributed by atoms with Crippen LogP contribution in [0.2, 0.25) is 0 Å². The van der Waals surface area contributed by atoms with Crippen LogP contribution in [-0.2, 0) is 0 Å². The van der Waals surface area contributed by atoms with Gasteiger partial charge in [0.05, 0.1) is 9.70 Å². The zero-order valence-corrected chi connectivity index (χ0v) is 14.0. The molecule has 0 saturated carbocycles. The Morgan fingerprint density at radius 1 is 1.52 bits per heavy atom. The maximum Gasteiger partial charge on any atom is 0.351 e. The summed E-state index contributed by atoms with van der Waals surface area (Å²) in [5.41, 5.74) is -0.680. The summed E-state index contributed by atoms with van der Waals surface area (Å²) < 4.78 is 5.82. The summed E-state index contributed by atoms with van der Waals surface area (Å²) in [6.45, 7) is 4.29. The zero-order valence-electron chi connectivity index (χ0n) is 13.2. The van der Waals surface area contributed by atoms with Gasteiger partial charge in [-0.1, -0.05) is 0 Å². The second-order valence-electron chi connectivity index (χ2n) is 6.02. The predicted molar refractivity (Wildman–Crippen MR) is 90.8 cm³/mol. The Labute approximate surface area is 137 Å². The lowest BCUT2D eigenvalue weighted by Gasteiger charge is -2.35. The summed E-state index contributed by atoms with van der Waals surface area (Å²) in [7, 11) is 2.03. The van der Waals surface area contributed by atoms with Crippen molar-refractivity contribution in [3.63, 3.8) is 0 Å². The largest absolute Gasteiger partial charge is 0.477 e. The highest BCUT2D eigenvalue weighted by Gasteiger charge is 2.25. The van der Waals surface area contributed by atoms with Crippen molar-refractivity contribution in [2.24, 2.45) is 5.92 Å². The quantitative estimate of drug-likeness (QED) is 0.892. The molecule has 3 rings (SSSR count). The van der Waals surface area contributed by atoms with Gasteiger partial charge in [-0.05, 0) is 44.8 Å². The molecule has 2 unspecified atom stereocenters. The smallest absolute Gasteiger partial charge is 0.351 e. The molecule has 6 nitrogen and oxygen atoms in total. The molecule has 1 aliphatic heterocycles. The molecule has 1 fully saturated rings. The molecule has 0 radical (unpaired) electrons.